The SMILES string of the molecule is [2H]C([2H])([2H])c1ccc(-n2c(-c3cc(C)cc(C)c3O)nc3c(-c4[c-]c(-c5cc(-c6ccc(C(C([2H])([2H])[2H])(C([2H])([2H])[2H])C([2H])([2H])[2H])cc6)ccn5)cc(C(C)(C)C)c4)cccc32)c(-c2ccc(C(C)(C)C)cc2)c1.[Pt]. The summed E-state index contributed by atoms with van der Waals surface area (Å²) in [6, 6.07) is 39.9. The van der Waals surface area contributed by atoms with E-state index >= 15 is 0 Å². The van der Waals surface area contributed by atoms with E-state index in [9.17, 15) is 5.11 Å². The Morgan fingerprint density at radius 1 is 0.597 bits per heavy atom. The van der Waals surface area contributed by atoms with Gasteiger partial charge in [0.05, 0.1) is 22.3 Å². The van der Waals surface area contributed by atoms with Gasteiger partial charge in [0.25, 0.3) is 0 Å². The molecular formula is C57H58N3OPt-. The van der Waals surface area contributed by atoms with Crippen molar-refractivity contribution >= 4 is 11.0 Å². The quantitative estimate of drug-likeness (QED) is 0.169. The number of phenolic OH excluding ortho intramolecular Hbond substituents is 1. The maximum absolute atomic E-state index is 11.8. The molecule has 0 aliphatic heterocycles. The molecule has 8 aromatic rings. The molecule has 0 saturated carbocycles. The Morgan fingerprint density at radius 3 is 1.90 bits per heavy atom. The molecule has 62 heavy (non-hydrogen) atoms. The van der Waals surface area contributed by atoms with Gasteiger partial charge in [0, 0.05) is 55.0 Å². The molecule has 0 bridgehead atoms. The van der Waals surface area contributed by atoms with Gasteiger partial charge in [0.15, 0.2) is 0 Å². The summed E-state index contributed by atoms with van der Waals surface area (Å²) >= 11 is 0. The Hall–Kier alpha value is -5.57. The number of nitrogens with zero attached hydrogens (tertiary/aromatic N) is 3. The molecule has 0 amide bonds. The number of rotatable bonds is 6. The van der Waals surface area contributed by atoms with E-state index in [1.807, 2.05) is 79.1 Å². The minimum absolute atomic E-state index is 0. The van der Waals surface area contributed by atoms with Crippen molar-refractivity contribution in [2.75, 3.05) is 0 Å². The Labute approximate surface area is 400 Å². The fourth-order valence-corrected chi connectivity index (χ4v) is 7.94. The molecule has 1 N–H and O–H groups in total. The molecule has 8 rings (SSSR count). The monoisotopic (exact) mass is 1010 g/mol. The predicted octanol–water partition coefficient (Wildman–Crippen LogP) is 15.1. The van der Waals surface area contributed by atoms with Crippen molar-refractivity contribution < 1.29 is 42.6 Å². The second-order valence-corrected chi connectivity index (χ2v) is 18.2. The molecular weight excluding hydrogens is 938 g/mol. The van der Waals surface area contributed by atoms with Crippen LogP contribution in [0.25, 0.3) is 72.7 Å². The third-order valence-corrected chi connectivity index (χ3v) is 11.4. The van der Waals surface area contributed by atoms with E-state index in [1.165, 1.54) is 24.3 Å². The summed E-state index contributed by atoms with van der Waals surface area (Å²) < 4.78 is 101. The largest absolute Gasteiger partial charge is 0.507 e. The number of aromatic nitrogens is 3. The normalized spacial score (nSPS) is 15.8. The van der Waals surface area contributed by atoms with Gasteiger partial charge >= 0.3 is 0 Å². The van der Waals surface area contributed by atoms with Crippen LogP contribution in [0.15, 0.2) is 128 Å². The van der Waals surface area contributed by atoms with Crippen LogP contribution in [0.4, 0.5) is 0 Å². The second-order valence-electron chi connectivity index (χ2n) is 18.2. The molecule has 318 valence electrons. The summed E-state index contributed by atoms with van der Waals surface area (Å²) in [5, 5.41) is 11.8. The van der Waals surface area contributed by atoms with Gasteiger partial charge in [-0.25, -0.2) is 4.98 Å². The Bertz CT molecular complexity index is 3360. The first-order valence-corrected chi connectivity index (χ1v) is 20.5. The molecule has 0 aliphatic rings. The topological polar surface area (TPSA) is 50.9 Å². The fraction of sp³-hybridized carbons (Fsp3) is 0.263. The smallest absolute Gasteiger partial charge is 0.148 e. The van der Waals surface area contributed by atoms with Crippen molar-refractivity contribution in [2.24, 2.45) is 0 Å². The third-order valence-electron chi connectivity index (χ3n) is 11.4. The maximum atomic E-state index is 11.8. The zero-order valence-electron chi connectivity index (χ0n) is 48.2. The van der Waals surface area contributed by atoms with E-state index in [1.54, 1.807) is 24.4 Å². The summed E-state index contributed by atoms with van der Waals surface area (Å²) in [5.41, 5.74) is 7.68. The number of aryl methyl sites for hydroxylation is 3. The van der Waals surface area contributed by atoms with Crippen LogP contribution in [-0.2, 0) is 37.3 Å². The Morgan fingerprint density at radius 2 is 1.24 bits per heavy atom. The van der Waals surface area contributed by atoms with Crippen molar-refractivity contribution in [3.63, 3.8) is 0 Å². The van der Waals surface area contributed by atoms with E-state index in [2.05, 4.69) is 65.8 Å². The molecule has 0 spiro atoms. The number of hydrogen-bond acceptors (Lipinski definition) is 3. The maximum Gasteiger partial charge on any atom is 0.148 e. The standard InChI is InChI=1S/C57H58N3O.Pt/c1-35-16-25-50(47(29-35)39-19-23-44(24-20-39)56(7,8)9)60-51-15-13-14-46(52(51)59-54(60)48-30-36(2)28-37(3)53(48)61)41-31-42(33-45(32-41)57(10,11)12)49-34-40(26-27-58-49)38-17-21-43(22-18-38)55(4,5)6;/h13-30,32-34,61H,1-12H3;/q-1;/i1D3,4D3,5D3,6D3;. The summed E-state index contributed by atoms with van der Waals surface area (Å²) in [7, 11) is 0. The molecule has 0 radical (unpaired) electrons. The van der Waals surface area contributed by atoms with Gasteiger partial charge in [-0.3, -0.25) is 9.55 Å². The fourth-order valence-electron chi connectivity index (χ4n) is 7.94. The molecule has 2 heterocycles. The van der Waals surface area contributed by atoms with Crippen LogP contribution in [0.2, 0.25) is 0 Å². The van der Waals surface area contributed by atoms with Gasteiger partial charge in [-0.1, -0.05) is 158 Å². The van der Waals surface area contributed by atoms with Gasteiger partial charge in [-0.2, -0.15) is 0 Å². The summed E-state index contributed by atoms with van der Waals surface area (Å²) in [6.45, 7) is 3.98. The van der Waals surface area contributed by atoms with E-state index in [4.69, 9.17) is 26.4 Å². The zero-order chi connectivity index (χ0) is 53.6. The molecule has 5 heteroatoms. The number of para-hydroxylation sites is 1. The minimum Gasteiger partial charge on any atom is -0.507 e. The number of hydrogen-bond donors (Lipinski definition) is 1. The summed E-state index contributed by atoms with van der Waals surface area (Å²) in [5.74, 6) is 0.511. The van der Waals surface area contributed by atoms with Crippen LogP contribution in [0.1, 0.15) is 112 Å². The van der Waals surface area contributed by atoms with E-state index in [0.29, 0.717) is 67.2 Å². The van der Waals surface area contributed by atoms with Gasteiger partial charge in [0.1, 0.15) is 11.6 Å². The number of aromatic hydroxyl groups is 1. The van der Waals surface area contributed by atoms with Gasteiger partial charge in [0.2, 0.25) is 0 Å². The first-order chi connectivity index (χ1) is 33.7. The molecule has 0 aliphatic carbocycles. The van der Waals surface area contributed by atoms with E-state index < -0.39 is 32.8 Å². The molecule has 0 fully saturated rings. The molecule has 2 aromatic heterocycles. The van der Waals surface area contributed by atoms with Crippen LogP contribution in [0, 0.1) is 26.8 Å². The zero-order valence-corrected chi connectivity index (χ0v) is 38.5. The van der Waals surface area contributed by atoms with Crippen LogP contribution >= 0.6 is 0 Å². The van der Waals surface area contributed by atoms with Crippen molar-refractivity contribution in [1.29, 1.82) is 0 Å². The van der Waals surface area contributed by atoms with Gasteiger partial charge < -0.3 is 5.11 Å². The van der Waals surface area contributed by atoms with Crippen molar-refractivity contribution in [2.45, 2.75) is 99.0 Å². The van der Waals surface area contributed by atoms with Crippen LogP contribution in [0.5, 0.6) is 5.75 Å². The average molecular weight is 1010 g/mol. The molecule has 4 nitrogen and oxygen atoms in total. The first-order valence-electron chi connectivity index (χ1n) is 26.5. The van der Waals surface area contributed by atoms with Crippen LogP contribution in [-0.4, -0.2) is 19.6 Å². The minimum atomic E-state index is -3.39. The molecule has 0 unspecified atom stereocenters. The van der Waals surface area contributed by atoms with Crippen LogP contribution in [0.3, 0.4) is 0 Å². The van der Waals surface area contributed by atoms with E-state index in [-0.39, 0.29) is 48.8 Å². The first kappa shape index (κ1) is 31.3. The second kappa shape index (κ2) is 16.6. The van der Waals surface area contributed by atoms with E-state index in [0.717, 1.165) is 27.8 Å². The summed E-state index contributed by atoms with van der Waals surface area (Å²) in [4.78, 5) is 10.2. The number of imidazole rings is 1. The van der Waals surface area contributed by atoms with Crippen LogP contribution < -0.4 is 0 Å². The molecule has 0 saturated heterocycles. The van der Waals surface area contributed by atoms with Crippen molar-refractivity contribution in [3.8, 4) is 67.5 Å². The predicted molar refractivity (Wildman–Crippen MR) is 257 cm³/mol. The Kier molecular flexibility index (Phi) is 8.38. The number of phenols is 1. The summed E-state index contributed by atoms with van der Waals surface area (Å²) in [6.07, 6.45) is 1.63. The Balaban J connectivity index is 0.00000800. The molecule has 0 atom stereocenters. The number of fused-ring (bicyclic) bond motifs is 1. The van der Waals surface area contributed by atoms with Crippen molar-refractivity contribution in [1.82, 2.24) is 14.5 Å². The number of benzene rings is 6. The van der Waals surface area contributed by atoms with Crippen molar-refractivity contribution in [3.05, 3.63) is 167 Å². The van der Waals surface area contributed by atoms with Gasteiger partial charge in [-0.15, -0.1) is 29.3 Å². The number of pyridine rings is 1. The third kappa shape index (κ3) is 8.73. The van der Waals surface area contributed by atoms with Gasteiger partial charge in [-0.05, 0) is 106 Å². The average Bonchev–Trinajstić information content (AvgIpc) is 3.67. The molecule has 6 aromatic carbocycles.